The van der Waals surface area contributed by atoms with E-state index >= 15 is 0 Å². The van der Waals surface area contributed by atoms with E-state index in [1.54, 1.807) is 26.1 Å². The van der Waals surface area contributed by atoms with Crippen molar-refractivity contribution in [2.75, 3.05) is 13.2 Å². The predicted molar refractivity (Wildman–Crippen MR) is 103 cm³/mol. The van der Waals surface area contributed by atoms with Gasteiger partial charge in [-0.2, -0.15) is 0 Å². The Hall–Kier alpha value is -2.50. The van der Waals surface area contributed by atoms with Gasteiger partial charge in [0, 0.05) is 11.6 Å². The smallest absolute Gasteiger partial charge is 0.320 e. The van der Waals surface area contributed by atoms with Gasteiger partial charge in [0.1, 0.15) is 5.82 Å². The fourth-order valence-electron chi connectivity index (χ4n) is 4.20. The summed E-state index contributed by atoms with van der Waals surface area (Å²) >= 11 is 0. The first kappa shape index (κ1) is 20.2. The van der Waals surface area contributed by atoms with Gasteiger partial charge in [-0.25, -0.2) is 4.39 Å². The molecule has 0 aliphatic heterocycles. The number of halogens is 1. The predicted octanol–water partition coefficient (Wildman–Crippen LogP) is 4.39. The van der Waals surface area contributed by atoms with Gasteiger partial charge in [-0.3, -0.25) is 14.6 Å². The molecule has 150 valence electrons. The fourth-order valence-corrected chi connectivity index (χ4v) is 4.20. The Bertz CT molecular complexity index is 828. The number of nitrogens with zero attached hydrogens (tertiary/aromatic N) is 1. The van der Waals surface area contributed by atoms with Gasteiger partial charge in [-0.05, 0) is 81.2 Å². The minimum atomic E-state index is -0.868. The molecule has 0 bridgehead atoms. The standard InChI is InChI=1S/C22H26FNO4/c1-3-27-21(25)20(22(26)28-4-2)15-7-5-14(6-8-15)17-11-12-24-19-10-9-16(23)13-18(17)19/h9-15,20H,3-8H2,1-2H3. The van der Waals surface area contributed by atoms with Crippen LogP contribution in [0.1, 0.15) is 51.0 Å². The van der Waals surface area contributed by atoms with Gasteiger partial charge >= 0.3 is 11.9 Å². The van der Waals surface area contributed by atoms with Crippen molar-refractivity contribution in [3.8, 4) is 0 Å². The van der Waals surface area contributed by atoms with Crippen LogP contribution in [-0.4, -0.2) is 30.1 Å². The molecule has 1 aliphatic carbocycles. The van der Waals surface area contributed by atoms with Crippen LogP contribution >= 0.6 is 0 Å². The first-order valence-corrected chi connectivity index (χ1v) is 9.92. The molecule has 3 rings (SSSR count). The number of benzene rings is 1. The molecule has 1 aromatic carbocycles. The van der Waals surface area contributed by atoms with Crippen molar-refractivity contribution in [1.82, 2.24) is 4.98 Å². The zero-order chi connectivity index (χ0) is 20.1. The summed E-state index contributed by atoms with van der Waals surface area (Å²) in [5, 5.41) is 0.832. The molecule has 1 fully saturated rings. The lowest BCUT2D eigenvalue weighted by Crippen LogP contribution is -2.36. The first-order chi connectivity index (χ1) is 13.5. The molecule has 5 nitrogen and oxygen atoms in total. The third kappa shape index (κ3) is 4.32. The fraction of sp³-hybridized carbons (Fsp3) is 0.500. The van der Waals surface area contributed by atoms with Crippen molar-refractivity contribution in [2.24, 2.45) is 11.8 Å². The lowest BCUT2D eigenvalue weighted by atomic mass is 9.73. The molecule has 0 N–H and O–H groups in total. The number of carbonyl (C=O) groups is 2. The van der Waals surface area contributed by atoms with E-state index in [9.17, 15) is 14.0 Å². The molecule has 0 saturated heterocycles. The molecule has 1 aliphatic rings. The Kier molecular flexibility index (Phi) is 6.60. The third-order valence-electron chi connectivity index (χ3n) is 5.50. The number of esters is 2. The number of fused-ring (bicyclic) bond motifs is 1. The number of carbonyl (C=O) groups excluding carboxylic acids is 2. The highest BCUT2D eigenvalue weighted by molar-refractivity contribution is 5.95. The molecule has 28 heavy (non-hydrogen) atoms. The summed E-state index contributed by atoms with van der Waals surface area (Å²) in [7, 11) is 0. The second-order valence-corrected chi connectivity index (χ2v) is 7.16. The van der Waals surface area contributed by atoms with Crippen LogP contribution in [-0.2, 0) is 19.1 Å². The zero-order valence-corrected chi connectivity index (χ0v) is 16.3. The molecule has 6 heteroatoms. The van der Waals surface area contributed by atoms with Crippen LogP contribution in [0.4, 0.5) is 4.39 Å². The van der Waals surface area contributed by atoms with Crippen LogP contribution in [0.2, 0.25) is 0 Å². The number of pyridine rings is 1. The van der Waals surface area contributed by atoms with E-state index in [-0.39, 0.29) is 30.9 Å². The normalized spacial score (nSPS) is 19.6. The Balaban J connectivity index is 1.77. The average Bonchev–Trinajstić information content (AvgIpc) is 2.69. The van der Waals surface area contributed by atoms with E-state index in [2.05, 4.69) is 4.98 Å². The maximum Gasteiger partial charge on any atom is 0.320 e. The second kappa shape index (κ2) is 9.13. The Morgan fingerprint density at radius 1 is 1.07 bits per heavy atom. The molecule has 2 aromatic rings. The largest absolute Gasteiger partial charge is 0.465 e. The van der Waals surface area contributed by atoms with Gasteiger partial charge in [0.25, 0.3) is 0 Å². The molecule has 0 unspecified atom stereocenters. The average molecular weight is 387 g/mol. The van der Waals surface area contributed by atoms with Crippen LogP contribution in [0.15, 0.2) is 30.5 Å². The topological polar surface area (TPSA) is 65.5 Å². The summed E-state index contributed by atoms with van der Waals surface area (Å²) in [6.45, 7) is 3.92. The van der Waals surface area contributed by atoms with E-state index in [0.29, 0.717) is 12.8 Å². The van der Waals surface area contributed by atoms with E-state index in [4.69, 9.17) is 9.47 Å². The van der Waals surface area contributed by atoms with Crippen LogP contribution in [0.3, 0.4) is 0 Å². The van der Waals surface area contributed by atoms with E-state index in [0.717, 1.165) is 29.3 Å². The minimum Gasteiger partial charge on any atom is -0.465 e. The minimum absolute atomic E-state index is 0.0980. The molecule has 0 atom stereocenters. The number of rotatable bonds is 6. The van der Waals surface area contributed by atoms with Gasteiger partial charge in [0.2, 0.25) is 0 Å². The molecule has 1 heterocycles. The highest BCUT2D eigenvalue weighted by Gasteiger charge is 2.39. The number of hydrogen-bond donors (Lipinski definition) is 0. The zero-order valence-electron chi connectivity index (χ0n) is 16.3. The molecule has 0 radical (unpaired) electrons. The Morgan fingerprint density at radius 3 is 2.32 bits per heavy atom. The number of ether oxygens (including phenoxy) is 2. The van der Waals surface area contributed by atoms with Crippen molar-refractivity contribution < 1.29 is 23.5 Å². The van der Waals surface area contributed by atoms with Crippen LogP contribution in [0, 0.1) is 17.7 Å². The molecular weight excluding hydrogens is 361 g/mol. The monoisotopic (exact) mass is 387 g/mol. The van der Waals surface area contributed by atoms with Gasteiger partial charge in [0.05, 0.1) is 18.7 Å². The van der Waals surface area contributed by atoms with Crippen LogP contribution in [0.5, 0.6) is 0 Å². The number of aromatic nitrogens is 1. The summed E-state index contributed by atoms with van der Waals surface area (Å²) in [5.74, 6) is -2.00. The van der Waals surface area contributed by atoms with E-state index in [1.165, 1.54) is 12.1 Å². The van der Waals surface area contributed by atoms with Gasteiger partial charge in [0.15, 0.2) is 5.92 Å². The highest BCUT2D eigenvalue weighted by Crippen LogP contribution is 2.41. The quantitative estimate of drug-likeness (QED) is 0.543. The van der Waals surface area contributed by atoms with Crippen molar-refractivity contribution in [3.05, 3.63) is 41.8 Å². The van der Waals surface area contributed by atoms with E-state index < -0.39 is 17.9 Å². The van der Waals surface area contributed by atoms with Crippen molar-refractivity contribution in [1.29, 1.82) is 0 Å². The maximum absolute atomic E-state index is 13.7. The first-order valence-electron chi connectivity index (χ1n) is 9.92. The van der Waals surface area contributed by atoms with Gasteiger partial charge in [-0.1, -0.05) is 0 Å². The summed E-state index contributed by atoms with van der Waals surface area (Å²) in [4.78, 5) is 29.0. The summed E-state index contributed by atoms with van der Waals surface area (Å²) in [5.41, 5.74) is 1.85. The summed E-state index contributed by atoms with van der Waals surface area (Å²) in [6.07, 6.45) is 4.81. The lowest BCUT2D eigenvalue weighted by molar-refractivity contribution is -0.165. The lowest BCUT2D eigenvalue weighted by Gasteiger charge is -2.32. The molecule has 1 saturated carbocycles. The van der Waals surface area contributed by atoms with Crippen molar-refractivity contribution in [2.45, 2.75) is 45.4 Å². The Labute approximate surface area is 164 Å². The van der Waals surface area contributed by atoms with Crippen LogP contribution < -0.4 is 0 Å². The third-order valence-corrected chi connectivity index (χ3v) is 5.50. The molecular formula is C22H26FNO4. The number of hydrogen-bond acceptors (Lipinski definition) is 5. The molecule has 1 aromatic heterocycles. The maximum atomic E-state index is 13.7. The van der Waals surface area contributed by atoms with E-state index in [1.807, 2.05) is 6.07 Å². The molecule has 0 amide bonds. The SMILES string of the molecule is CCOC(=O)C(C(=O)OCC)C1CCC(c2ccnc3ccc(F)cc23)CC1. The van der Waals surface area contributed by atoms with Gasteiger partial charge < -0.3 is 9.47 Å². The van der Waals surface area contributed by atoms with Crippen LogP contribution in [0.25, 0.3) is 10.9 Å². The van der Waals surface area contributed by atoms with Crippen molar-refractivity contribution >= 4 is 22.8 Å². The summed E-state index contributed by atoms with van der Waals surface area (Å²) in [6, 6.07) is 6.58. The van der Waals surface area contributed by atoms with Crippen molar-refractivity contribution in [3.63, 3.8) is 0 Å². The molecule has 0 spiro atoms. The van der Waals surface area contributed by atoms with Gasteiger partial charge in [-0.15, -0.1) is 0 Å². The second-order valence-electron chi connectivity index (χ2n) is 7.16. The Morgan fingerprint density at radius 2 is 1.71 bits per heavy atom. The summed E-state index contributed by atoms with van der Waals surface area (Å²) < 4.78 is 24.0. The highest BCUT2D eigenvalue weighted by atomic mass is 19.1.